The number of carbonyl (C=O) groups excluding carboxylic acids is 1. The number of carbonyl (C=O) groups is 1. The summed E-state index contributed by atoms with van der Waals surface area (Å²) in [4.78, 5) is 13.0. The van der Waals surface area contributed by atoms with Gasteiger partial charge in [-0.1, -0.05) is 37.6 Å². The second kappa shape index (κ2) is 6.63. The third kappa shape index (κ3) is 3.86. The molecule has 0 aliphatic carbocycles. The van der Waals surface area contributed by atoms with E-state index in [0.29, 0.717) is 15.1 Å². The average molecular weight is 323 g/mol. The van der Waals surface area contributed by atoms with Crippen LogP contribution in [0.1, 0.15) is 47.5 Å². The van der Waals surface area contributed by atoms with Gasteiger partial charge in [-0.25, -0.2) is 0 Å². The first kappa shape index (κ1) is 16.1. The second-order valence-corrected chi connectivity index (χ2v) is 7.14. The van der Waals surface area contributed by atoms with Crippen LogP contribution in [0.25, 0.3) is 0 Å². The van der Waals surface area contributed by atoms with Crippen molar-refractivity contribution < 1.29 is 9.53 Å². The Morgan fingerprint density at radius 3 is 2.48 bits per heavy atom. The van der Waals surface area contributed by atoms with Gasteiger partial charge in [-0.3, -0.25) is 4.79 Å². The largest absolute Gasteiger partial charge is 0.482 e. The Bertz CT molecular complexity index is 646. The van der Waals surface area contributed by atoms with Crippen molar-refractivity contribution in [3.63, 3.8) is 0 Å². The number of ketones is 1. The Kier molecular flexibility index (Phi) is 5.07. The number of aryl methyl sites for hydroxylation is 1. The van der Waals surface area contributed by atoms with Crippen molar-refractivity contribution in [2.45, 2.75) is 39.7 Å². The lowest BCUT2D eigenvalue weighted by atomic mass is 10.0. The topological polar surface area (TPSA) is 26.3 Å². The average Bonchev–Trinajstić information content (AvgIpc) is 2.84. The molecule has 4 heteroatoms. The number of thiophene rings is 1. The van der Waals surface area contributed by atoms with Crippen LogP contribution in [0.3, 0.4) is 0 Å². The van der Waals surface area contributed by atoms with E-state index in [4.69, 9.17) is 16.3 Å². The molecule has 1 atom stereocenters. The van der Waals surface area contributed by atoms with Gasteiger partial charge >= 0.3 is 0 Å². The molecule has 0 saturated heterocycles. The molecule has 2 aromatic rings. The monoisotopic (exact) mass is 322 g/mol. The third-order valence-electron chi connectivity index (χ3n) is 3.28. The molecule has 2 nitrogen and oxygen atoms in total. The molecular formula is C17H19ClO2S. The van der Waals surface area contributed by atoms with Crippen LogP contribution in [-0.2, 0) is 0 Å². The van der Waals surface area contributed by atoms with Crippen LogP contribution in [0.15, 0.2) is 30.3 Å². The minimum Gasteiger partial charge on any atom is -0.482 e. The van der Waals surface area contributed by atoms with E-state index < -0.39 is 6.10 Å². The molecule has 0 aliphatic heterocycles. The summed E-state index contributed by atoms with van der Waals surface area (Å²) in [6.07, 6.45) is -0.529. The van der Waals surface area contributed by atoms with E-state index >= 15 is 0 Å². The van der Waals surface area contributed by atoms with E-state index in [9.17, 15) is 4.79 Å². The van der Waals surface area contributed by atoms with Gasteiger partial charge in [0, 0.05) is 0 Å². The lowest BCUT2D eigenvalue weighted by Crippen LogP contribution is -2.23. The van der Waals surface area contributed by atoms with Crippen LogP contribution in [0.4, 0.5) is 0 Å². The van der Waals surface area contributed by atoms with E-state index in [0.717, 1.165) is 16.9 Å². The van der Waals surface area contributed by atoms with Crippen molar-refractivity contribution in [2.24, 2.45) is 0 Å². The van der Waals surface area contributed by atoms with E-state index in [1.54, 1.807) is 19.1 Å². The molecule has 0 fully saturated rings. The fourth-order valence-electron chi connectivity index (χ4n) is 2.11. The van der Waals surface area contributed by atoms with Gasteiger partial charge in [0.05, 0.1) is 9.21 Å². The first-order valence-electron chi connectivity index (χ1n) is 6.95. The Hall–Kier alpha value is -1.32. The van der Waals surface area contributed by atoms with Gasteiger partial charge in [-0.15, -0.1) is 11.3 Å². The molecule has 1 heterocycles. The van der Waals surface area contributed by atoms with Crippen LogP contribution >= 0.6 is 22.9 Å². The van der Waals surface area contributed by atoms with Crippen molar-refractivity contribution in [3.05, 3.63) is 50.7 Å². The molecule has 21 heavy (non-hydrogen) atoms. The summed E-state index contributed by atoms with van der Waals surface area (Å²) in [6.45, 7) is 8.02. The van der Waals surface area contributed by atoms with Crippen molar-refractivity contribution in [1.29, 1.82) is 0 Å². The maximum atomic E-state index is 12.4. The molecule has 1 aromatic carbocycles. The van der Waals surface area contributed by atoms with Gasteiger partial charge in [-0.05, 0) is 49.1 Å². The molecular weight excluding hydrogens is 304 g/mol. The number of halogens is 1. The predicted octanol–water partition coefficient (Wildman–Crippen LogP) is 5.48. The highest BCUT2D eigenvalue weighted by Crippen LogP contribution is 2.29. The SMILES string of the molecule is Cc1ccc(C(C)C)c(OC(C)C(=O)c2ccc(Cl)s2)c1. The second-order valence-electron chi connectivity index (χ2n) is 5.42. The van der Waals surface area contributed by atoms with E-state index in [1.165, 1.54) is 11.3 Å². The fraction of sp³-hybridized carbons (Fsp3) is 0.353. The quantitative estimate of drug-likeness (QED) is 0.681. The van der Waals surface area contributed by atoms with Gasteiger partial charge in [0.15, 0.2) is 6.10 Å². The summed E-state index contributed by atoms with van der Waals surface area (Å²) < 4.78 is 6.54. The zero-order valence-corrected chi connectivity index (χ0v) is 14.2. The summed E-state index contributed by atoms with van der Waals surface area (Å²) in [5, 5.41) is 0. The highest BCUT2D eigenvalue weighted by Gasteiger charge is 2.20. The predicted molar refractivity (Wildman–Crippen MR) is 89.0 cm³/mol. The maximum Gasteiger partial charge on any atom is 0.212 e. The Balaban J connectivity index is 2.21. The highest BCUT2D eigenvalue weighted by molar-refractivity contribution is 7.18. The number of Topliss-reactive ketones (excluding diaryl/α,β-unsaturated/α-hetero) is 1. The zero-order chi connectivity index (χ0) is 15.6. The minimum atomic E-state index is -0.529. The number of benzene rings is 1. The number of hydrogen-bond acceptors (Lipinski definition) is 3. The lowest BCUT2D eigenvalue weighted by molar-refractivity contribution is 0.0820. The van der Waals surface area contributed by atoms with Crippen LogP contribution in [0.2, 0.25) is 4.34 Å². The molecule has 0 aliphatic rings. The molecule has 0 amide bonds. The molecule has 0 bridgehead atoms. The summed E-state index contributed by atoms with van der Waals surface area (Å²) in [5.74, 6) is 1.09. The van der Waals surface area contributed by atoms with E-state index in [2.05, 4.69) is 26.0 Å². The van der Waals surface area contributed by atoms with Crippen LogP contribution in [0, 0.1) is 6.92 Å². The third-order valence-corrected chi connectivity index (χ3v) is 4.53. The van der Waals surface area contributed by atoms with Crippen LogP contribution in [-0.4, -0.2) is 11.9 Å². The molecule has 1 unspecified atom stereocenters. The Labute approximate surface area is 134 Å². The zero-order valence-electron chi connectivity index (χ0n) is 12.6. The molecule has 0 spiro atoms. The smallest absolute Gasteiger partial charge is 0.212 e. The lowest BCUT2D eigenvalue weighted by Gasteiger charge is -2.18. The van der Waals surface area contributed by atoms with E-state index in [1.807, 2.05) is 13.0 Å². The summed E-state index contributed by atoms with van der Waals surface area (Å²) in [7, 11) is 0. The molecule has 2 rings (SSSR count). The van der Waals surface area contributed by atoms with Crippen molar-refractivity contribution in [3.8, 4) is 5.75 Å². The van der Waals surface area contributed by atoms with Crippen molar-refractivity contribution in [1.82, 2.24) is 0 Å². The molecule has 1 aromatic heterocycles. The summed E-state index contributed by atoms with van der Waals surface area (Å²) >= 11 is 7.17. The van der Waals surface area contributed by atoms with Crippen molar-refractivity contribution in [2.75, 3.05) is 0 Å². The molecule has 0 radical (unpaired) electrons. The van der Waals surface area contributed by atoms with Crippen LogP contribution < -0.4 is 4.74 Å². The highest BCUT2D eigenvalue weighted by atomic mass is 35.5. The normalized spacial score (nSPS) is 12.5. The molecule has 0 N–H and O–H groups in total. The van der Waals surface area contributed by atoms with Gasteiger partial charge in [0.25, 0.3) is 0 Å². The number of hydrogen-bond donors (Lipinski definition) is 0. The molecule has 0 saturated carbocycles. The van der Waals surface area contributed by atoms with Crippen molar-refractivity contribution >= 4 is 28.7 Å². The standard InChI is InChI=1S/C17H19ClO2S/c1-10(2)13-6-5-11(3)9-14(13)20-12(4)17(19)15-7-8-16(18)21-15/h5-10,12H,1-4H3. The van der Waals surface area contributed by atoms with Crippen LogP contribution in [0.5, 0.6) is 5.75 Å². The van der Waals surface area contributed by atoms with Gasteiger partial charge in [0.2, 0.25) is 5.78 Å². The van der Waals surface area contributed by atoms with Gasteiger partial charge < -0.3 is 4.74 Å². The van der Waals surface area contributed by atoms with E-state index in [-0.39, 0.29) is 5.78 Å². The first-order valence-corrected chi connectivity index (χ1v) is 8.14. The Morgan fingerprint density at radius 1 is 1.19 bits per heavy atom. The fourth-order valence-corrected chi connectivity index (χ4v) is 3.17. The minimum absolute atomic E-state index is 0.0388. The molecule has 112 valence electrons. The Morgan fingerprint density at radius 2 is 1.90 bits per heavy atom. The number of rotatable bonds is 5. The number of ether oxygens (including phenoxy) is 1. The summed E-state index contributed by atoms with van der Waals surface area (Å²) in [5.41, 5.74) is 2.23. The maximum absolute atomic E-state index is 12.4. The van der Waals surface area contributed by atoms with Gasteiger partial charge in [-0.2, -0.15) is 0 Å². The first-order chi connectivity index (χ1) is 9.88. The summed E-state index contributed by atoms with van der Waals surface area (Å²) in [6, 6.07) is 9.59. The van der Waals surface area contributed by atoms with Gasteiger partial charge in [0.1, 0.15) is 5.75 Å².